The quantitative estimate of drug-likeness (QED) is 0.0111. The van der Waals surface area contributed by atoms with Gasteiger partial charge in [0.2, 0.25) is 100 Å². The Hall–Kier alpha value is -14.0. The van der Waals surface area contributed by atoms with Gasteiger partial charge in [0.25, 0.3) is 0 Å². The smallest absolute Gasteiger partial charge is 0.245 e. The highest BCUT2D eigenvalue weighted by Gasteiger charge is 2.43. The molecule has 0 spiro atoms. The third-order valence-electron chi connectivity index (χ3n) is 24.3. The van der Waals surface area contributed by atoms with Crippen molar-refractivity contribution in [3.8, 4) is 0 Å². The number of aromatic amines is 3. The zero-order chi connectivity index (χ0) is 101. The van der Waals surface area contributed by atoms with Crippen LogP contribution >= 0.6 is 11.8 Å². The summed E-state index contributed by atoms with van der Waals surface area (Å²) < 4.78 is 0. The van der Waals surface area contributed by atoms with E-state index in [1.54, 1.807) is 110 Å². The number of amides is 17. The van der Waals surface area contributed by atoms with Gasteiger partial charge in [0, 0.05) is 132 Å². The number of carbonyl (C=O) groups excluding carboxylic acids is 17. The Bertz CT molecular complexity index is 5230. The number of imidazole rings is 1. The van der Waals surface area contributed by atoms with Crippen molar-refractivity contribution in [2.24, 2.45) is 17.4 Å². The van der Waals surface area contributed by atoms with Crippen molar-refractivity contribution in [2.75, 3.05) is 85.6 Å². The molecule has 2 fully saturated rings. The zero-order valence-electron chi connectivity index (χ0n) is 79.3. The van der Waals surface area contributed by atoms with E-state index in [1.807, 2.05) is 0 Å². The first-order valence-electron chi connectivity index (χ1n) is 46.4. The fourth-order valence-electron chi connectivity index (χ4n) is 16.5. The second-order valence-electron chi connectivity index (χ2n) is 34.9. The van der Waals surface area contributed by atoms with E-state index >= 15 is 38.4 Å². The molecule has 2 aliphatic rings. The first kappa shape index (κ1) is 109. The monoisotopic (exact) mass is 1930 g/mol. The fraction of sp³-hybridized carbons (Fsp3) is 0.505. The van der Waals surface area contributed by atoms with Crippen LogP contribution in [0.1, 0.15) is 139 Å². The molecule has 42 nitrogen and oxygen atoms in total. The number of H-pyrrole nitrogens is 3. The summed E-state index contributed by atoms with van der Waals surface area (Å²) in [5, 5.41) is 52.5. The van der Waals surface area contributed by atoms with Crippen LogP contribution in [0.5, 0.6) is 0 Å². The number of likely N-dealkylation sites (N-methyl/N-ethyl adjacent to an activating group) is 4. The maximum atomic E-state index is 16.0. The van der Waals surface area contributed by atoms with Gasteiger partial charge in [-0.15, -0.1) is 24.9 Å². The number of thioether (sulfide) groups is 1. The van der Waals surface area contributed by atoms with E-state index in [9.17, 15) is 48.3 Å². The van der Waals surface area contributed by atoms with Crippen LogP contribution in [0.3, 0.4) is 0 Å². The molecule has 0 saturated carbocycles. The number of rotatable bonds is 32. The van der Waals surface area contributed by atoms with Gasteiger partial charge < -0.3 is 120 Å². The number of nitrogens with one attached hydrogen (secondary N) is 16. The molecule has 0 bridgehead atoms. The van der Waals surface area contributed by atoms with Gasteiger partial charge >= 0.3 is 0 Å². The van der Waals surface area contributed by atoms with E-state index in [-0.39, 0.29) is 83.8 Å². The number of fused-ring (bicyclic) bond motifs is 3. The van der Waals surface area contributed by atoms with Crippen molar-refractivity contribution in [1.29, 1.82) is 5.41 Å². The Morgan fingerprint density at radius 1 is 0.572 bits per heavy atom. The molecule has 1 unspecified atom stereocenters. The number of carbonyl (C=O) groups is 17. The van der Waals surface area contributed by atoms with Crippen LogP contribution in [0, 0.1) is 11.3 Å². The summed E-state index contributed by atoms with van der Waals surface area (Å²) in [5.41, 5.74) is 14.4. The molecule has 2 saturated heterocycles. The molecule has 138 heavy (non-hydrogen) atoms. The van der Waals surface area contributed by atoms with Gasteiger partial charge in [-0.2, -0.15) is 0 Å². The molecule has 2 aliphatic heterocycles. The van der Waals surface area contributed by atoms with Crippen molar-refractivity contribution < 1.29 is 86.6 Å². The molecule has 5 heterocycles. The molecule has 3 aromatic heterocycles. The van der Waals surface area contributed by atoms with Crippen LogP contribution in [0.15, 0.2) is 129 Å². The number of hydrogen-bond donors (Lipinski definition) is 19. The number of allylic oxidation sites excluding steroid dienone is 2. The van der Waals surface area contributed by atoms with Gasteiger partial charge in [-0.05, 0) is 112 Å². The summed E-state index contributed by atoms with van der Waals surface area (Å²) in [4.78, 5) is 268. The standard InChI is InChI=1S/C95H134N24O18S/c1-10-12-14-16-21-36-76-89(132)109-68(35-27-39-100-95(97)98)85(128)114-75(84(127)104-50-79(96)122)54-138-55-81(124)108-72(42-60-29-19-18-20-30-60)92(135)116(7)58(4)83(126)105-51-82(125)119-40-28-38-77(119)90(133)110-70(45-63-49-99-56-106-63)87(130)111-71(41-57(3)46-101-59(5)121)91(134)115(6)52-80(123)107-69(43-61-47-102-66-33-25-23-31-64(61)66)86(129)113-74(53-120)88(131)112-73(44-62-48-103-67-34-26-24-32-65(62)67)93(136)118(9)78(94(137)117(76)8)37-22-17-15-13-11-2/h10-11,18-20,23-26,29-34,47-49,56-58,68-78,102-103,120H,1-2,12-17,21-22,27-28,35-46,50-55H2,3-9H3,(H2,96,122)(H,99,106)(H,101,121)(H,104,127)(H,105,126)(H,107,123)(H,108,124)(H,109,132)(H,110,133)(H,111,130)(H,112,131)(H,113,129)(H,114,128)(H4,97,98,100)/t57?,58-,68-,69-,70-,71-,72-,73-,74-,75-,76-,77-,78-/m0/s1. The number of guanidine groups is 1. The Morgan fingerprint density at radius 3 is 1.73 bits per heavy atom. The summed E-state index contributed by atoms with van der Waals surface area (Å²) in [6.07, 6.45) is 12.8. The Balaban J connectivity index is 1.20. The molecular formula is C95H134N24O18S. The van der Waals surface area contributed by atoms with E-state index in [1.165, 1.54) is 64.4 Å². The largest absolute Gasteiger partial charge is 0.394 e. The molecule has 6 aromatic rings. The Kier molecular flexibility index (Phi) is 43.8. The SMILES string of the molecule is C=CCCCCC[C@H]1C(=O)N(C)[C@@H](CCCCCC=C)C(=O)N[C@@H](CCCNC(=N)N)C(=O)N[C@H](C(=O)NCC(N)=O)CSCC(=O)N[C@@H](Cc2ccccc2)C(=O)N(C)[C@@H](C)C(=O)NCC(=O)N2CCC[C@H]2C(=O)N[C@@H](Cc2cnc[nH]2)C(=O)N[C@@H](CC(C)CNC(C)=O)C(=O)N(C)CC(=O)N[C@@H](Cc2c[nH]c3ccccc23)C(=O)N[C@@H](CO)C(=O)N[C@@H](Cc2c[nH]c3ccccc23)C(=O)N1C. The van der Waals surface area contributed by atoms with Crippen LogP contribution in [0.4, 0.5) is 0 Å². The highest BCUT2D eigenvalue weighted by Crippen LogP contribution is 2.26. The molecule has 43 heteroatoms. The first-order valence-corrected chi connectivity index (χ1v) is 47.6. The van der Waals surface area contributed by atoms with Gasteiger partial charge in [0.1, 0.15) is 72.5 Å². The van der Waals surface area contributed by atoms with Gasteiger partial charge in [0.15, 0.2) is 5.96 Å². The van der Waals surface area contributed by atoms with E-state index in [2.05, 4.69) is 96.9 Å². The van der Waals surface area contributed by atoms with E-state index < -0.39 is 223 Å². The third kappa shape index (κ3) is 33.5. The molecule has 3 aromatic carbocycles. The van der Waals surface area contributed by atoms with Gasteiger partial charge in [0.05, 0.1) is 38.3 Å². The summed E-state index contributed by atoms with van der Waals surface area (Å²) in [5.74, 6) is -16.2. The average molecular weight is 1930 g/mol. The maximum Gasteiger partial charge on any atom is 0.245 e. The van der Waals surface area contributed by atoms with Crippen LogP contribution in [-0.4, -0.2) is 314 Å². The predicted octanol–water partition coefficient (Wildman–Crippen LogP) is -0.373. The summed E-state index contributed by atoms with van der Waals surface area (Å²) in [6, 6.07) is 4.83. The molecule has 0 radical (unpaired) electrons. The van der Waals surface area contributed by atoms with Crippen LogP contribution in [0.25, 0.3) is 21.8 Å². The number of benzene rings is 3. The summed E-state index contributed by atoms with van der Waals surface area (Å²) in [6.45, 7) is 8.85. The topological polar surface area (TPSA) is 607 Å². The van der Waals surface area contributed by atoms with Crippen LogP contribution in [0.2, 0.25) is 0 Å². The van der Waals surface area contributed by atoms with Crippen molar-refractivity contribution in [3.63, 3.8) is 0 Å². The number of nitrogens with zero attached hydrogens (tertiary/aromatic N) is 6. The molecular weight excluding hydrogens is 1800 g/mol. The van der Waals surface area contributed by atoms with Crippen molar-refractivity contribution in [2.45, 2.75) is 215 Å². The zero-order valence-corrected chi connectivity index (χ0v) is 80.1. The fourth-order valence-corrected chi connectivity index (χ4v) is 17.4. The van der Waals surface area contributed by atoms with Crippen LogP contribution < -0.4 is 75.3 Å². The number of para-hydroxylation sites is 2. The van der Waals surface area contributed by atoms with Crippen molar-refractivity contribution in [3.05, 3.63) is 151 Å². The molecule has 748 valence electrons. The van der Waals surface area contributed by atoms with Gasteiger partial charge in [-0.25, -0.2) is 4.98 Å². The Morgan fingerprint density at radius 2 is 1.12 bits per heavy atom. The number of primary amides is 1. The average Bonchev–Trinajstić information content (AvgIpc) is 1.58. The lowest BCUT2D eigenvalue weighted by Gasteiger charge is -2.36. The van der Waals surface area contributed by atoms with Crippen LogP contribution in [-0.2, 0) is 107 Å². The molecule has 8 rings (SSSR count). The molecule has 13 atom stereocenters. The van der Waals surface area contributed by atoms with Gasteiger partial charge in [-0.1, -0.05) is 111 Å². The number of nitrogens with two attached hydrogens (primary N) is 2. The minimum absolute atomic E-state index is 0.000159. The highest BCUT2D eigenvalue weighted by molar-refractivity contribution is 8.00. The second-order valence-corrected chi connectivity index (χ2v) is 35.9. The lowest BCUT2D eigenvalue weighted by Crippen LogP contribution is -2.61. The molecule has 21 N–H and O–H groups in total. The minimum Gasteiger partial charge on any atom is -0.394 e. The number of unbranched alkanes of at least 4 members (excludes halogenated alkanes) is 6. The first-order chi connectivity index (χ1) is 66.0. The van der Waals surface area contributed by atoms with Gasteiger partial charge in [-0.3, -0.25) is 86.9 Å². The maximum absolute atomic E-state index is 16.0. The molecule has 0 aliphatic carbocycles. The highest BCUT2D eigenvalue weighted by atomic mass is 32.2. The molecule has 17 amide bonds. The normalized spacial score (nSPS) is 22.6. The summed E-state index contributed by atoms with van der Waals surface area (Å²) in [7, 11) is 5.31. The Labute approximate surface area is 805 Å². The lowest BCUT2D eigenvalue weighted by molar-refractivity contribution is -0.149. The number of aromatic nitrogens is 4. The lowest BCUT2D eigenvalue weighted by atomic mass is 9.99. The minimum atomic E-state index is -1.88. The number of aliphatic hydroxyl groups excluding tert-OH is 1. The second kappa shape index (κ2) is 55.3. The van der Waals surface area contributed by atoms with E-state index in [0.29, 0.717) is 102 Å². The third-order valence-corrected chi connectivity index (χ3v) is 25.3. The number of aliphatic hydroxyl groups is 1. The number of hydrogen-bond acceptors (Lipinski definition) is 21. The van der Waals surface area contributed by atoms with E-state index in [0.717, 1.165) is 26.5 Å². The summed E-state index contributed by atoms with van der Waals surface area (Å²) >= 11 is 0.819. The van der Waals surface area contributed by atoms with Crippen molar-refractivity contribution in [1.82, 2.24) is 108 Å². The van der Waals surface area contributed by atoms with Crippen molar-refractivity contribution >= 4 is 140 Å². The predicted molar refractivity (Wildman–Crippen MR) is 517 cm³/mol. The van der Waals surface area contributed by atoms with E-state index in [4.69, 9.17) is 16.9 Å².